The van der Waals surface area contributed by atoms with Gasteiger partial charge >= 0.3 is 0 Å². The summed E-state index contributed by atoms with van der Waals surface area (Å²) in [6, 6.07) is 14.8. The Morgan fingerprint density at radius 3 is 2.38 bits per heavy atom. The fraction of sp³-hybridized carbons (Fsp3) is 0.0556. The molecule has 0 bridgehead atoms. The summed E-state index contributed by atoms with van der Waals surface area (Å²) in [5.41, 5.74) is 3.02. The van der Waals surface area contributed by atoms with E-state index in [2.05, 4.69) is 20.6 Å². The van der Waals surface area contributed by atoms with Gasteiger partial charge in [-0.25, -0.2) is 9.97 Å². The largest absolute Gasteiger partial charge is 0.324 e. The first-order valence-electron chi connectivity index (χ1n) is 7.33. The third kappa shape index (κ3) is 4.08. The number of halogens is 1. The molecule has 0 unspecified atom stereocenters. The molecule has 0 atom stereocenters. The van der Waals surface area contributed by atoms with Gasteiger partial charge in [0.15, 0.2) is 0 Å². The number of aromatic nitrogens is 2. The molecule has 5 nitrogen and oxygen atoms in total. The van der Waals surface area contributed by atoms with Gasteiger partial charge < -0.3 is 10.6 Å². The predicted molar refractivity (Wildman–Crippen MR) is 95.9 cm³/mol. The first-order chi connectivity index (χ1) is 11.6. The molecule has 2 aromatic carbocycles. The lowest BCUT2D eigenvalue weighted by Gasteiger charge is -2.07. The van der Waals surface area contributed by atoms with Crippen molar-refractivity contribution in [2.75, 3.05) is 10.6 Å². The van der Waals surface area contributed by atoms with E-state index in [9.17, 15) is 4.79 Å². The lowest BCUT2D eigenvalue weighted by Crippen LogP contribution is -2.13. The van der Waals surface area contributed by atoms with E-state index in [1.165, 1.54) is 12.4 Å². The fourth-order valence-electron chi connectivity index (χ4n) is 2.10. The second-order valence-electron chi connectivity index (χ2n) is 5.25. The lowest BCUT2D eigenvalue weighted by atomic mass is 10.2. The zero-order valence-corrected chi connectivity index (χ0v) is 13.7. The Kier molecular flexibility index (Phi) is 4.72. The van der Waals surface area contributed by atoms with E-state index in [1.54, 1.807) is 12.1 Å². The van der Waals surface area contributed by atoms with E-state index in [1.807, 2.05) is 43.3 Å². The molecule has 3 rings (SSSR count). The van der Waals surface area contributed by atoms with Gasteiger partial charge in [0, 0.05) is 28.8 Å². The summed E-state index contributed by atoms with van der Waals surface area (Å²) in [5.74, 6) is 0.156. The van der Waals surface area contributed by atoms with Crippen molar-refractivity contribution < 1.29 is 4.79 Å². The van der Waals surface area contributed by atoms with Gasteiger partial charge in [0.2, 0.25) is 5.95 Å². The molecule has 0 saturated carbocycles. The number of amides is 1. The molecule has 1 aromatic heterocycles. The number of aryl methyl sites for hydroxylation is 1. The topological polar surface area (TPSA) is 66.9 Å². The standard InChI is InChI=1S/C18H15ClN4O/c1-12-3-2-4-16(9-12)22-17(24)13-10-20-18(21-11-13)23-15-7-5-14(19)6-8-15/h2-11H,1H3,(H,22,24)(H,20,21,23). The summed E-state index contributed by atoms with van der Waals surface area (Å²) in [7, 11) is 0. The normalized spacial score (nSPS) is 10.2. The molecule has 0 aliphatic carbocycles. The number of benzene rings is 2. The molecule has 120 valence electrons. The zero-order valence-electron chi connectivity index (χ0n) is 13.0. The van der Waals surface area contributed by atoms with E-state index in [-0.39, 0.29) is 5.91 Å². The maximum Gasteiger partial charge on any atom is 0.258 e. The van der Waals surface area contributed by atoms with Crippen molar-refractivity contribution in [2.45, 2.75) is 6.92 Å². The van der Waals surface area contributed by atoms with Crippen molar-refractivity contribution in [2.24, 2.45) is 0 Å². The minimum absolute atomic E-state index is 0.251. The SMILES string of the molecule is Cc1cccc(NC(=O)c2cnc(Nc3ccc(Cl)cc3)nc2)c1. The molecule has 1 heterocycles. The Morgan fingerprint density at radius 2 is 1.71 bits per heavy atom. The minimum atomic E-state index is -0.251. The average Bonchev–Trinajstić information content (AvgIpc) is 2.57. The van der Waals surface area contributed by atoms with Crippen molar-refractivity contribution in [1.82, 2.24) is 9.97 Å². The van der Waals surface area contributed by atoms with Gasteiger partial charge in [-0.1, -0.05) is 23.7 Å². The number of hydrogen-bond acceptors (Lipinski definition) is 4. The molecule has 3 aromatic rings. The summed E-state index contributed by atoms with van der Waals surface area (Å²) in [5, 5.41) is 6.52. The van der Waals surface area contributed by atoms with Crippen LogP contribution < -0.4 is 10.6 Å². The van der Waals surface area contributed by atoms with Gasteiger partial charge in [-0.05, 0) is 48.9 Å². The van der Waals surface area contributed by atoms with Crippen LogP contribution in [-0.4, -0.2) is 15.9 Å². The van der Waals surface area contributed by atoms with Crippen molar-refractivity contribution in [3.05, 3.63) is 77.1 Å². The van der Waals surface area contributed by atoms with E-state index in [0.717, 1.165) is 16.9 Å². The fourth-order valence-corrected chi connectivity index (χ4v) is 2.22. The molecule has 0 radical (unpaired) electrons. The second kappa shape index (κ2) is 7.10. The van der Waals surface area contributed by atoms with Crippen LogP contribution in [0.25, 0.3) is 0 Å². The van der Waals surface area contributed by atoms with E-state index in [0.29, 0.717) is 16.5 Å². The Bertz CT molecular complexity index is 848. The second-order valence-corrected chi connectivity index (χ2v) is 5.69. The van der Waals surface area contributed by atoms with E-state index in [4.69, 9.17) is 11.6 Å². The summed E-state index contributed by atoms with van der Waals surface area (Å²) in [6.45, 7) is 1.97. The highest BCUT2D eigenvalue weighted by atomic mass is 35.5. The molecule has 0 saturated heterocycles. The van der Waals surface area contributed by atoms with Crippen LogP contribution in [0.4, 0.5) is 17.3 Å². The summed E-state index contributed by atoms with van der Waals surface area (Å²) < 4.78 is 0. The van der Waals surface area contributed by atoms with Crippen molar-refractivity contribution in [3.8, 4) is 0 Å². The Hall–Kier alpha value is -2.92. The summed E-state index contributed by atoms with van der Waals surface area (Å²) in [6.07, 6.45) is 2.97. The van der Waals surface area contributed by atoms with Crippen molar-refractivity contribution >= 4 is 34.8 Å². The molecule has 0 aliphatic heterocycles. The monoisotopic (exact) mass is 338 g/mol. The molecule has 0 aliphatic rings. The van der Waals surface area contributed by atoms with Crippen LogP contribution in [0.15, 0.2) is 60.9 Å². The van der Waals surface area contributed by atoms with Crippen LogP contribution >= 0.6 is 11.6 Å². The Balaban J connectivity index is 1.67. The van der Waals surface area contributed by atoms with Crippen LogP contribution in [0.2, 0.25) is 5.02 Å². The highest BCUT2D eigenvalue weighted by Gasteiger charge is 2.08. The van der Waals surface area contributed by atoms with Crippen LogP contribution in [0.1, 0.15) is 15.9 Å². The summed E-state index contributed by atoms with van der Waals surface area (Å²) in [4.78, 5) is 20.5. The third-order valence-corrected chi connectivity index (χ3v) is 3.54. The van der Waals surface area contributed by atoms with Gasteiger partial charge in [-0.2, -0.15) is 0 Å². The Morgan fingerprint density at radius 1 is 1.00 bits per heavy atom. The van der Waals surface area contributed by atoms with Gasteiger partial charge in [0.05, 0.1) is 5.56 Å². The maximum atomic E-state index is 12.2. The highest BCUT2D eigenvalue weighted by Crippen LogP contribution is 2.16. The Labute approximate surface area is 144 Å². The molecule has 2 N–H and O–H groups in total. The van der Waals surface area contributed by atoms with Crippen LogP contribution in [0.5, 0.6) is 0 Å². The van der Waals surface area contributed by atoms with Gasteiger partial charge in [-0.15, -0.1) is 0 Å². The first kappa shape index (κ1) is 16.0. The highest BCUT2D eigenvalue weighted by molar-refractivity contribution is 6.30. The quantitative estimate of drug-likeness (QED) is 0.738. The zero-order chi connectivity index (χ0) is 16.9. The van der Waals surface area contributed by atoms with Crippen molar-refractivity contribution in [1.29, 1.82) is 0 Å². The summed E-state index contributed by atoms with van der Waals surface area (Å²) >= 11 is 5.84. The lowest BCUT2D eigenvalue weighted by molar-refractivity contribution is 0.102. The van der Waals surface area contributed by atoms with Gasteiger partial charge in [0.1, 0.15) is 0 Å². The minimum Gasteiger partial charge on any atom is -0.324 e. The first-order valence-corrected chi connectivity index (χ1v) is 7.70. The average molecular weight is 339 g/mol. The number of hydrogen-bond donors (Lipinski definition) is 2. The maximum absolute atomic E-state index is 12.2. The molecule has 6 heteroatoms. The number of nitrogens with one attached hydrogen (secondary N) is 2. The smallest absolute Gasteiger partial charge is 0.258 e. The van der Waals surface area contributed by atoms with Crippen LogP contribution in [0.3, 0.4) is 0 Å². The number of carbonyl (C=O) groups excluding carboxylic acids is 1. The molecule has 24 heavy (non-hydrogen) atoms. The van der Waals surface area contributed by atoms with Gasteiger partial charge in [-0.3, -0.25) is 4.79 Å². The van der Waals surface area contributed by atoms with Crippen molar-refractivity contribution in [3.63, 3.8) is 0 Å². The van der Waals surface area contributed by atoms with E-state index < -0.39 is 0 Å². The number of anilines is 3. The van der Waals surface area contributed by atoms with Gasteiger partial charge in [0.25, 0.3) is 5.91 Å². The molecule has 1 amide bonds. The number of nitrogens with zero attached hydrogens (tertiary/aromatic N) is 2. The van der Waals surface area contributed by atoms with Crippen LogP contribution in [0, 0.1) is 6.92 Å². The van der Waals surface area contributed by atoms with Crippen LogP contribution in [-0.2, 0) is 0 Å². The number of rotatable bonds is 4. The van der Waals surface area contributed by atoms with E-state index >= 15 is 0 Å². The molecular formula is C18H15ClN4O. The predicted octanol–water partition coefficient (Wildman–Crippen LogP) is 4.43. The number of carbonyl (C=O) groups is 1. The molecular weight excluding hydrogens is 324 g/mol. The molecule has 0 spiro atoms. The third-order valence-electron chi connectivity index (χ3n) is 3.29. The molecule has 0 fully saturated rings.